The molecule has 0 saturated heterocycles. The van der Waals surface area contributed by atoms with Crippen molar-refractivity contribution in [3.05, 3.63) is 29.1 Å². The zero-order valence-electron chi connectivity index (χ0n) is 11.3. The molecule has 0 unspecified atom stereocenters. The molecule has 0 atom stereocenters. The molecule has 2 N–H and O–H groups in total. The Kier molecular flexibility index (Phi) is 3.62. The van der Waals surface area contributed by atoms with Crippen LogP contribution >= 0.6 is 11.3 Å². The van der Waals surface area contributed by atoms with Gasteiger partial charge < -0.3 is 5.11 Å². The van der Waals surface area contributed by atoms with Crippen LogP contribution in [0.25, 0.3) is 10.1 Å². The van der Waals surface area contributed by atoms with E-state index in [1.807, 2.05) is 0 Å². The third-order valence-corrected chi connectivity index (χ3v) is 5.58. The Labute approximate surface area is 121 Å². The third-order valence-electron chi connectivity index (χ3n) is 2.45. The summed E-state index contributed by atoms with van der Waals surface area (Å²) in [5.41, 5.74) is -0.683. The van der Waals surface area contributed by atoms with E-state index in [2.05, 4.69) is 4.72 Å². The van der Waals surface area contributed by atoms with Gasteiger partial charge in [0.15, 0.2) is 0 Å². The van der Waals surface area contributed by atoms with Crippen LogP contribution in [-0.4, -0.2) is 25.0 Å². The van der Waals surface area contributed by atoms with E-state index in [4.69, 9.17) is 0 Å². The molecule has 0 spiro atoms. The molecule has 2 rings (SSSR count). The molecule has 0 radical (unpaired) electrons. The van der Waals surface area contributed by atoms with Crippen LogP contribution in [-0.2, 0) is 10.0 Å². The molecule has 1 heterocycles. The highest BCUT2D eigenvalue weighted by Crippen LogP contribution is 2.35. The average molecular weight is 313 g/mol. The fourth-order valence-electron chi connectivity index (χ4n) is 1.88. The Morgan fingerprint density at radius 3 is 2.40 bits per heavy atom. The lowest BCUT2D eigenvalue weighted by Gasteiger charge is -2.20. The number of fused-ring (bicyclic) bond motifs is 1. The van der Waals surface area contributed by atoms with E-state index in [0.29, 0.717) is 10.1 Å². The molecule has 0 saturated carbocycles. The molecule has 0 aliphatic heterocycles. The van der Waals surface area contributed by atoms with E-state index in [1.165, 1.54) is 0 Å². The van der Waals surface area contributed by atoms with Crippen molar-refractivity contribution >= 4 is 37.4 Å². The fraction of sp³-hybridized carbons (Fsp3) is 0.308. The summed E-state index contributed by atoms with van der Waals surface area (Å²) < 4.78 is 28.1. The minimum Gasteiger partial charge on any atom is -0.477 e. The van der Waals surface area contributed by atoms with Crippen LogP contribution < -0.4 is 4.72 Å². The first-order valence-electron chi connectivity index (χ1n) is 5.90. The number of carboxylic acid groups (broad SMARTS) is 1. The second-order valence-corrected chi connectivity index (χ2v) is 8.09. The topological polar surface area (TPSA) is 83.5 Å². The van der Waals surface area contributed by atoms with Crippen LogP contribution in [0.1, 0.15) is 30.4 Å². The molecule has 7 heteroatoms. The Balaban J connectivity index is 2.75. The Morgan fingerprint density at radius 2 is 1.85 bits per heavy atom. The van der Waals surface area contributed by atoms with Gasteiger partial charge >= 0.3 is 5.97 Å². The Bertz CT molecular complexity index is 769. The van der Waals surface area contributed by atoms with Crippen molar-refractivity contribution in [1.29, 1.82) is 0 Å². The molecule has 2 aromatic rings. The van der Waals surface area contributed by atoms with E-state index in [9.17, 15) is 18.3 Å². The number of hydrogen-bond donors (Lipinski definition) is 2. The lowest BCUT2D eigenvalue weighted by Crippen LogP contribution is -2.40. The summed E-state index contributed by atoms with van der Waals surface area (Å²) in [6.07, 6.45) is 0. The highest BCUT2D eigenvalue weighted by atomic mass is 32.2. The Hall–Kier alpha value is -1.44. The molecular weight excluding hydrogens is 298 g/mol. The van der Waals surface area contributed by atoms with Gasteiger partial charge in [-0.2, -0.15) is 0 Å². The summed E-state index contributed by atoms with van der Waals surface area (Å²) in [5.74, 6) is -1.24. The lowest BCUT2D eigenvalue weighted by molar-refractivity contribution is 0.0698. The summed E-state index contributed by atoms with van der Waals surface area (Å²) >= 11 is 0.966. The van der Waals surface area contributed by atoms with Crippen LogP contribution in [0.15, 0.2) is 29.2 Å². The van der Waals surface area contributed by atoms with Crippen molar-refractivity contribution in [2.24, 2.45) is 0 Å². The van der Waals surface area contributed by atoms with Crippen LogP contribution in [0.5, 0.6) is 0 Å². The van der Waals surface area contributed by atoms with Gasteiger partial charge in [0, 0.05) is 15.6 Å². The van der Waals surface area contributed by atoms with E-state index < -0.39 is 21.5 Å². The quantitative estimate of drug-likeness (QED) is 0.912. The minimum absolute atomic E-state index is 0.152. The summed E-state index contributed by atoms with van der Waals surface area (Å²) in [4.78, 5) is 11.0. The number of thiophene rings is 1. The summed E-state index contributed by atoms with van der Waals surface area (Å²) in [7, 11) is -3.90. The van der Waals surface area contributed by atoms with Crippen molar-refractivity contribution in [2.45, 2.75) is 31.2 Å². The normalized spacial score (nSPS) is 12.8. The second-order valence-electron chi connectivity index (χ2n) is 5.42. The molecule has 0 bridgehead atoms. The van der Waals surface area contributed by atoms with Gasteiger partial charge in [-0.3, -0.25) is 0 Å². The lowest BCUT2D eigenvalue weighted by atomic mass is 10.1. The van der Waals surface area contributed by atoms with Crippen molar-refractivity contribution < 1.29 is 18.3 Å². The maximum absolute atomic E-state index is 12.5. The summed E-state index contributed by atoms with van der Waals surface area (Å²) in [6.45, 7) is 5.12. The SMILES string of the molecule is CC(C)(C)NS(=O)(=O)c1c(C(=O)O)sc2ccccc12. The monoisotopic (exact) mass is 313 g/mol. The van der Waals surface area contributed by atoms with Gasteiger partial charge in [-0.1, -0.05) is 18.2 Å². The van der Waals surface area contributed by atoms with Crippen LogP contribution in [0.4, 0.5) is 0 Å². The molecule has 0 fully saturated rings. The van der Waals surface area contributed by atoms with Crippen LogP contribution in [0.3, 0.4) is 0 Å². The highest BCUT2D eigenvalue weighted by Gasteiger charge is 2.30. The number of benzene rings is 1. The van der Waals surface area contributed by atoms with Gasteiger partial charge in [0.1, 0.15) is 9.77 Å². The maximum Gasteiger partial charge on any atom is 0.347 e. The molecule has 0 aliphatic carbocycles. The van der Waals surface area contributed by atoms with Gasteiger partial charge in [0.25, 0.3) is 0 Å². The molecule has 0 aliphatic rings. The number of aromatic carboxylic acids is 1. The van der Waals surface area contributed by atoms with Crippen LogP contribution in [0.2, 0.25) is 0 Å². The largest absolute Gasteiger partial charge is 0.477 e. The van der Waals surface area contributed by atoms with Crippen molar-refractivity contribution in [1.82, 2.24) is 4.72 Å². The standard InChI is InChI=1S/C13H15NO4S2/c1-13(2,3)14-20(17,18)11-8-6-4-5-7-9(8)19-10(11)12(15)16/h4-7,14H,1-3H3,(H,15,16). The molecule has 5 nitrogen and oxygen atoms in total. The number of carbonyl (C=O) groups is 1. The summed E-state index contributed by atoms with van der Waals surface area (Å²) in [5, 5.41) is 9.68. The van der Waals surface area contributed by atoms with Crippen molar-refractivity contribution in [3.8, 4) is 0 Å². The molecule has 20 heavy (non-hydrogen) atoms. The molecule has 1 aromatic carbocycles. The summed E-state index contributed by atoms with van der Waals surface area (Å²) in [6, 6.07) is 6.77. The molecular formula is C13H15NO4S2. The number of rotatable bonds is 3. The zero-order valence-corrected chi connectivity index (χ0v) is 12.9. The molecule has 1 aromatic heterocycles. The second kappa shape index (κ2) is 4.83. The number of sulfonamides is 1. The molecule has 0 amide bonds. The van der Waals surface area contributed by atoms with Gasteiger partial charge in [-0.25, -0.2) is 17.9 Å². The minimum atomic E-state index is -3.90. The number of carboxylic acids is 1. The zero-order chi connectivity index (χ0) is 15.1. The number of nitrogens with one attached hydrogen (secondary N) is 1. The number of hydrogen-bond acceptors (Lipinski definition) is 4. The first kappa shape index (κ1) is 15.0. The predicted molar refractivity (Wildman–Crippen MR) is 78.9 cm³/mol. The Morgan fingerprint density at radius 1 is 1.25 bits per heavy atom. The first-order chi connectivity index (χ1) is 9.12. The van der Waals surface area contributed by atoms with Crippen molar-refractivity contribution in [3.63, 3.8) is 0 Å². The van der Waals surface area contributed by atoms with Gasteiger partial charge in [0.2, 0.25) is 10.0 Å². The smallest absolute Gasteiger partial charge is 0.347 e. The first-order valence-corrected chi connectivity index (χ1v) is 8.20. The van der Waals surface area contributed by atoms with E-state index in [-0.39, 0.29) is 9.77 Å². The fourth-order valence-corrected chi connectivity index (χ4v) is 5.05. The molecule has 108 valence electrons. The van der Waals surface area contributed by atoms with Gasteiger partial charge in [-0.05, 0) is 26.8 Å². The third kappa shape index (κ3) is 2.84. The highest BCUT2D eigenvalue weighted by molar-refractivity contribution is 7.90. The predicted octanol–water partition coefficient (Wildman–Crippen LogP) is 2.68. The van der Waals surface area contributed by atoms with Gasteiger partial charge in [0.05, 0.1) is 0 Å². The maximum atomic E-state index is 12.5. The average Bonchev–Trinajstić information content (AvgIpc) is 2.65. The van der Waals surface area contributed by atoms with Gasteiger partial charge in [-0.15, -0.1) is 11.3 Å². The van der Waals surface area contributed by atoms with Crippen molar-refractivity contribution in [2.75, 3.05) is 0 Å². The van der Waals surface area contributed by atoms with Crippen LogP contribution in [0, 0.1) is 0 Å². The van der Waals surface area contributed by atoms with E-state index in [0.717, 1.165) is 11.3 Å². The van der Waals surface area contributed by atoms with E-state index in [1.54, 1.807) is 45.0 Å². The van der Waals surface area contributed by atoms with E-state index >= 15 is 0 Å².